The van der Waals surface area contributed by atoms with Crippen LogP contribution in [0.4, 0.5) is 0 Å². The Labute approximate surface area is 102 Å². The summed E-state index contributed by atoms with van der Waals surface area (Å²) < 4.78 is 0. The van der Waals surface area contributed by atoms with Crippen LogP contribution in [0.1, 0.15) is 27.7 Å². The molecule has 98 valence electrons. The van der Waals surface area contributed by atoms with Crippen molar-refractivity contribution in [1.82, 2.24) is 10.2 Å². The fraction of sp³-hybridized carbons (Fsp3) is 0.667. The number of carboxylic acid groups (broad SMARTS) is 1. The zero-order valence-electron chi connectivity index (χ0n) is 11.0. The molecule has 0 atom stereocenters. The number of carboxylic acids is 1. The van der Waals surface area contributed by atoms with E-state index in [1.54, 1.807) is 4.90 Å². The highest BCUT2D eigenvalue weighted by atomic mass is 16.4. The third-order valence-corrected chi connectivity index (χ3v) is 2.41. The third kappa shape index (κ3) is 5.49. The summed E-state index contributed by atoms with van der Waals surface area (Å²) in [7, 11) is 0. The number of hydrogen-bond donors (Lipinski definition) is 2. The summed E-state index contributed by atoms with van der Waals surface area (Å²) in [6, 6.07) is 0. The minimum Gasteiger partial charge on any atom is -0.480 e. The van der Waals surface area contributed by atoms with Gasteiger partial charge in [-0.05, 0) is 27.7 Å². The van der Waals surface area contributed by atoms with Crippen LogP contribution in [0.3, 0.4) is 0 Å². The van der Waals surface area contributed by atoms with E-state index in [1.807, 2.05) is 13.8 Å². The third-order valence-electron chi connectivity index (χ3n) is 2.41. The normalized spacial score (nSPS) is 11.1. The monoisotopic (exact) mass is 242 g/mol. The van der Waals surface area contributed by atoms with Crippen LogP contribution in [-0.4, -0.2) is 47.1 Å². The summed E-state index contributed by atoms with van der Waals surface area (Å²) in [5.41, 5.74) is -0.198. The van der Waals surface area contributed by atoms with Gasteiger partial charge in [0, 0.05) is 13.1 Å². The van der Waals surface area contributed by atoms with Gasteiger partial charge in [-0.15, -0.1) is 0 Å². The fourth-order valence-corrected chi connectivity index (χ4v) is 1.19. The van der Waals surface area contributed by atoms with Gasteiger partial charge in [-0.1, -0.05) is 12.2 Å². The Kier molecular flexibility index (Phi) is 5.88. The first-order chi connectivity index (χ1) is 7.70. The zero-order chi connectivity index (χ0) is 13.6. The van der Waals surface area contributed by atoms with Crippen molar-refractivity contribution in [2.45, 2.75) is 33.2 Å². The number of carbonyl (C=O) groups is 2. The molecule has 0 aliphatic heterocycles. The lowest BCUT2D eigenvalue weighted by molar-refractivity contribution is -0.143. The van der Waals surface area contributed by atoms with Crippen molar-refractivity contribution in [3.05, 3.63) is 12.2 Å². The Morgan fingerprint density at radius 3 is 2.29 bits per heavy atom. The molecule has 0 unspecified atom stereocenters. The maximum absolute atomic E-state index is 11.8. The van der Waals surface area contributed by atoms with Gasteiger partial charge in [0.25, 0.3) is 0 Å². The van der Waals surface area contributed by atoms with E-state index in [9.17, 15) is 9.59 Å². The van der Waals surface area contributed by atoms with Crippen molar-refractivity contribution in [3.63, 3.8) is 0 Å². The molecule has 0 saturated heterocycles. The Bertz CT molecular complexity index is 311. The van der Waals surface area contributed by atoms with Crippen LogP contribution in [0.5, 0.6) is 0 Å². The van der Waals surface area contributed by atoms with E-state index in [0.717, 1.165) is 5.57 Å². The predicted molar refractivity (Wildman–Crippen MR) is 66.8 cm³/mol. The summed E-state index contributed by atoms with van der Waals surface area (Å²) in [5.74, 6) is -1.10. The number of carbonyl (C=O) groups excluding carboxylic acids is 1. The molecule has 2 N–H and O–H groups in total. The van der Waals surface area contributed by atoms with Gasteiger partial charge in [-0.2, -0.15) is 0 Å². The summed E-state index contributed by atoms with van der Waals surface area (Å²) in [5, 5.41) is 11.6. The largest absolute Gasteiger partial charge is 0.480 e. The average molecular weight is 242 g/mol. The van der Waals surface area contributed by atoms with E-state index >= 15 is 0 Å². The van der Waals surface area contributed by atoms with Crippen molar-refractivity contribution in [2.75, 3.05) is 19.6 Å². The standard InChI is InChI=1S/C12H22N2O3/c1-6-14(8-9(2)3)10(15)7-13-12(4,5)11(16)17/h13H,2,6-8H2,1,3-5H3,(H,16,17). The van der Waals surface area contributed by atoms with Crippen molar-refractivity contribution in [2.24, 2.45) is 0 Å². The maximum atomic E-state index is 11.8. The summed E-state index contributed by atoms with van der Waals surface area (Å²) >= 11 is 0. The molecule has 0 aromatic carbocycles. The van der Waals surface area contributed by atoms with Gasteiger partial charge >= 0.3 is 5.97 Å². The van der Waals surface area contributed by atoms with Gasteiger partial charge in [0.1, 0.15) is 5.54 Å². The average Bonchev–Trinajstić information content (AvgIpc) is 2.22. The molecule has 0 spiro atoms. The molecule has 0 aliphatic carbocycles. The number of nitrogens with zero attached hydrogens (tertiary/aromatic N) is 1. The van der Waals surface area contributed by atoms with Crippen LogP contribution in [-0.2, 0) is 9.59 Å². The molecule has 0 aromatic rings. The second kappa shape index (κ2) is 6.39. The topological polar surface area (TPSA) is 69.6 Å². The molecule has 0 rings (SSSR count). The number of likely N-dealkylation sites (N-methyl/N-ethyl adjacent to an activating group) is 1. The van der Waals surface area contributed by atoms with E-state index in [2.05, 4.69) is 11.9 Å². The zero-order valence-corrected chi connectivity index (χ0v) is 11.0. The highest BCUT2D eigenvalue weighted by molar-refractivity contribution is 5.81. The van der Waals surface area contributed by atoms with Crippen molar-refractivity contribution in [3.8, 4) is 0 Å². The Hall–Kier alpha value is -1.36. The van der Waals surface area contributed by atoms with Crippen LogP contribution in [0.2, 0.25) is 0 Å². The van der Waals surface area contributed by atoms with E-state index in [1.165, 1.54) is 13.8 Å². The molecule has 0 heterocycles. The number of aliphatic carboxylic acids is 1. The Morgan fingerprint density at radius 1 is 1.41 bits per heavy atom. The molecule has 0 aliphatic rings. The molecule has 0 aromatic heterocycles. The molecular weight excluding hydrogens is 220 g/mol. The first kappa shape index (κ1) is 15.6. The molecule has 0 radical (unpaired) electrons. The van der Waals surface area contributed by atoms with Gasteiger partial charge in [0.2, 0.25) is 5.91 Å². The fourth-order valence-electron chi connectivity index (χ4n) is 1.19. The Morgan fingerprint density at radius 2 is 1.94 bits per heavy atom. The van der Waals surface area contributed by atoms with Crippen LogP contribution in [0.25, 0.3) is 0 Å². The highest BCUT2D eigenvalue weighted by Crippen LogP contribution is 2.02. The molecule has 5 nitrogen and oxygen atoms in total. The molecule has 17 heavy (non-hydrogen) atoms. The lowest BCUT2D eigenvalue weighted by atomic mass is 10.1. The number of nitrogens with one attached hydrogen (secondary N) is 1. The van der Waals surface area contributed by atoms with Crippen LogP contribution < -0.4 is 5.32 Å². The summed E-state index contributed by atoms with van der Waals surface area (Å²) in [6.07, 6.45) is 0. The highest BCUT2D eigenvalue weighted by Gasteiger charge is 2.27. The minimum atomic E-state index is -1.10. The lowest BCUT2D eigenvalue weighted by Crippen LogP contribution is -2.51. The molecular formula is C12H22N2O3. The van der Waals surface area contributed by atoms with Crippen molar-refractivity contribution >= 4 is 11.9 Å². The van der Waals surface area contributed by atoms with Gasteiger partial charge in [0.15, 0.2) is 0 Å². The second-order valence-corrected chi connectivity index (χ2v) is 4.65. The maximum Gasteiger partial charge on any atom is 0.323 e. The molecule has 0 bridgehead atoms. The summed E-state index contributed by atoms with van der Waals surface area (Å²) in [6.45, 7) is 11.6. The SMILES string of the molecule is C=C(C)CN(CC)C(=O)CNC(C)(C)C(=O)O. The quantitative estimate of drug-likeness (QED) is 0.650. The van der Waals surface area contributed by atoms with Gasteiger partial charge < -0.3 is 10.0 Å². The first-order valence-corrected chi connectivity index (χ1v) is 5.61. The first-order valence-electron chi connectivity index (χ1n) is 5.61. The molecule has 0 fully saturated rings. The van der Waals surface area contributed by atoms with Crippen molar-refractivity contribution in [1.29, 1.82) is 0 Å². The molecule has 5 heteroatoms. The van der Waals surface area contributed by atoms with Gasteiger partial charge in [0.05, 0.1) is 6.54 Å². The number of hydrogen-bond acceptors (Lipinski definition) is 3. The van der Waals surface area contributed by atoms with Crippen LogP contribution >= 0.6 is 0 Å². The van der Waals surface area contributed by atoms with Crippen LogP contribution in [0.15, 0.2) is 12.2 Å². The van der Waals surface area contributed by atoms with E-state index in [0.29, 0.717) is 13.1 Å². The summed E-state index contributed by atoms with van der Waals surface area (Å²) in [4.78, 5) is 24.3. The van der Waals surface area contributed by atoms with Gasteiger partial charge in [-0.3, -0.25) is 14.9 Å². The number of rotatable bonds is 7. The van der Waals surface area contributed by atoms with E-state index in [4.69, 9.17) is 5.11 Å². The Balaban J connectivity index is 4.34. The molecule has 1 amide bonds. The predicted octanol–water partition coefficient (Wildman–Crippen LogP) is 0.864. The van der Waals surface area contributed by atoms with Gasteiger partial charge in [-0.25, -0.2) is 0 Å². The van der Waals surface area contributed by atoms with E-state index < -0.39 is 11.5 Å². The molecule has 0 saturated carbocycles. The second-order valence-electron chi connectivity index (χ2n) is 4.65. The van der Waals surface area contributed by atoms with Crippen LogP contribution in [0, 0.1) is 0 Å². The number of amides is 1. The van der Waals surface area contributed by atoms with Crippen molar-refractivity contribution < 1.29 is 14.7 Å². The minimum absolute atomic E-state index is 0.0143. The lowest BCUT2D eigenvalue weighted by Gasteiger charge is -2.25. The van der Waals surface area contributed by atoms with E-state index in [-0.39, 0.29) is 12.5 Å². The smallest absolute Gasteiger partial charge is 0.323 e.